The molecule has 0 aromatic carbocycles. The first-order valence-electron chi connectivity index (χ1n) is 4.60. The van der Waals surface area contributed by atoms with Crippen molar-refractivity contribution in [3.05, 3.63) is 0 Å². The standard InChI is InChI=1S/C8H15NO4/c10-5-4-9-2-1-3-13-8(9)7(12)6(5)11/h5-8,10-12H,1-4H2/t5-,6+,7-,8-/m1/s1. The molecule has 4 atom stereocenters. The molecule has 0 amide bonds. The Morgan fingerprint density at radius 1 is 1.15 bits per heavy atom. The van der Waals surface area contributed by atoms with Gasteiger partial charge in [-0.1, -0.05) is 0 Å². The molecule has 0 bridgehead atoms. The summed E-state index contributed by atoms with van der Waals surface area (Å²) < 4.78 is 5.32. The van der Waals surface area contributed by atoms with Crippen molar-refractivity contribution in [3.63, 3.8) is 0 Å². The van der Waals surface area contributed by atoms with Crippen LogP contribution in [0.25, 0.3) is 0 Å². The highest BCUT2D eigenvalue weighted by Crippen LogP contribution is 2.22. The zero-order valence-electron chi connectivity index (χ0n) is 7.33. The van der Waals surface area contributed by atoms with Crippen LogP contribution in [0, 0.1) is 0 Å². The summed E-state index contributed by atoms with van der Waals surface area (Å²) in [5.74, 6) is 0. The topological polar surface area (TPSA) is 73.2 Å². The molecule has 0 aromatic heterocycles. The number of rotatable bonds is 0. The van der Waals surface area contributed by atoms with Crippen molar-refractivity contribution in [3.8, 4) is 0 Å². The monoisotopic (exact) mass is 189 g/mol. The third-order valence-corrected chi connectivity index (χ3v) is 2.70. The zero-order chi connectivity index (χ0) is 9.42. The highest BCUT2D eigenvalue weighted by atomic mass is 16.5. The molecule has 2 aliphatic rings. The summed E-state index contributed by atoms with van der Waals surface area (Å²) in [6, 6.07) is 0. The van der Waals surface area contributed by atoms with E-state index in [2.05, 4.69) is 0 Å². The molecule has 0 saturated carbocycles. The lowest BCUT2D eigenvalue weighted by Gasteiger charge is -2.45. The predicted molar refractivity (Wildman–Crippen MR) is 44.0 cm³/mol. The molecule has 0 spiro atoms. The number of ether oxygens (including phenoxy) is 1. The molecule has 0 radical (unpaired) electrons. The van der Waals surface area contributed by atoms with Crippen LogP contribution in [0.15, 0.2) is 0 Å². The maximum Gasteiger partial charge on any atom is 0.139 e. The van der Waals surface area contributed by atoms with Crippen LogP contribution in [-0.2, 0) is 4.74 Å². The average Bonchev–Trinajstić information content (AvgIpc) is 2.15. The van der Waals surface area contributed by atoms with Crippen molar-refractivity contribution >= 4 is 0 Å². The summed E-state index contributed by atoms with van der Waals surface area (Å²) in [6.07, 6.45) is -2.48. The maximum atomic E-state index is 9.57. The van der Waals surface area contributed by atoms with Gasteiger partial charge in [0, 0.05) is 13.1 Å². The van der Waals surface area contributed by atoms with E-state index >= 15 is 0 Å². The Hall–Kier alpha value is -0.200. The summed E-state index contributed by atoms with van der Waals surface area (Å²) in [4.78, 5) is 1.87. The van der Waals surface area contributed by atoms with Gasteiger partial charge in [-0.05, 0) is 6.42 Å². The van der Waals surface area contributed by atoms with Crippen LogP contribution in [-0.4, -0.2) is 64.5 Å². The molecule has 0 aliphatic carbocycles. The normalized spacial score (nSPS) is 47.3. The van der Waals surface area contributed by atoms with E-state index < -0.39 is 24.5 Å². The molecular formula is C8H15NO4. The Bertz CT molecular complexity index is 187. The second-order valence-corrected chi connectivity index (χ2v) is 3.66. The van der Waals surface area contributed by atoms with Crippen molar-refractivity contribution in [2.75, 3.05) is 19.7 Å². The fraction of sp³-hybridized carbons (Fsp3) is 1.00. The Kier molecular flexibility index (Phi) is 2.53. The van der Waals surface area contributed by atoms with E-state index in [0.717, 1.165) is 13.0 Å². The molecule has 0 aromatic rings. The molecule has 76 valence electrons. The van der Waals surface area contributed by atoms with Crippen molar-refractivity contribution in [1.82, 2.24) is 4.90 Å². The minimum atomic E-state index is -1.08. The minimum Gasteiger partial charge on any atom is -0.389 e. The van der Waals surface area contributed by atoms with Gasteiger partial charge in [0.15, 0.2) is 0 Å². The largest absolute Gasteiger partial charge is 0.389 e. The van der Waals surface area contributed by atoms with Crippen molar-refractivity contribution in [1.29, 1.82) is 0 Å². The number of fused-ring (bicyclic) bond motifs is 1. The fourth-order valence-electron chi connectivity index (χ4n) is 1.96. The van der Waals surface area contributed by atoms with Gasteiger partial charge in [0.1, 0.15) is 18.4 Å². The smallest absolute Gasteiger partial charge is 0.139 e. The summed E-state index contributed by atoms with van der Waals surface area (Å²) >= 11 is 0. The molecule has 2 aliphatic heterocycles. The van der Waals surface area contributed by atoms with Crippen LogP contribution < -0.4 is 0 Å². The molecule has 2 rings (SSSR count). The van der Waals surface area contributed by atoms with Crippen LogP contribution in [0.3, 0.4) is 0 Å². The van der Waals surface area contributed by atoms with E-state index in [1.807, 2.05) is 4.90 Å². The molecular weight excluding hydrogens is 174 g/mol. The summed E-state index contributed by atoms with van der Waals surface area (Å²) in [5.41, 5.74) is 0. The zero-order valence-corrected chi connectivity index (χ0v) is 7.33. The van der Waals surface area contributed by atoms with Gasteiger partial charge in [-0.25, -0.2) is 0 Å². The number of nitrogens with zero attached hydrogens (tertiary/aromatic N) is 1. The molecule has 13 heavy (non-hydrogen) atoms. The highest BCUT2D eigenvalue weighted by molar-refractivity contribution is 4.91. The fourth-order valence-corrected chi connectivity index (χ4v) is 1.96. The summed E-state index contributed by atoms with van der Waals surface area (Å²) in [7, 11) is 0. The van der Waals surface area contributed by atoms with Crippen LogP contribution in [0.1, 0.15) is 6.42 Å². The van der Waals surface area contributed by atoms with Crippen LogP contribution in [0.5, 0.6) is 0 Å². The van der Waals surface area contributed by atoms with E-state index in [1.165, 1.54) is 0 Å². The van der Waals surface area contributed by atoms with Gasteiger partial charge in [-0.15, -0.1) is 0 Å². The van der Waals surface area contributed by atoms with Crippen molar-refractivity contribution in [2.24, 2.45) is 0 Å². The molecule has 5 nitrogen and oxygen atoms in total. The van der Waals surface area contributed by atoms with Gasteiger partial charge < -0.3 is 20.1 Å². The first kappa shape index (κ1) is 9.36. The summed E-state index contributed by atoms with van der Waals surface area (Å²) in [6.45, 7) is 1.80. The Labute approximate surface area is 76.5 Å². The van der Waals surface area contributed by atoms with Gasteiger partial charge >= 0.3 is 0 Å². The maximum absolute atomic E-state index is 9.57. The Morgan fingerprint density at radius 3 is 2.69 bits per heavy atom. The summed E-state index contributed by atoms with van der Waals surface area (Å²) in [5, 5.41) is 28.3. The van der Waals surface area contributed by atoms with Crippen LogP contribution in [0.4, 0.5) is 0 Å². The quantitative estimate of drug-likeness (QED) is 0.416. The van der Waals surface area contributed by atoms with E-state index in [1.54, 1.807) is 0 Å². The minimum absolute atomic E-state index is 0.378. The van der Waals surface area contributed by atoms with Crippen LogP contribution >= 0.6 is 0 Å². The second kappa shape index (κ2) is 3.51. The Balaban J connectivity index is 2.08. The van der Waals surface area contributed by atoms with Gasteiger partial charge in [-0.3, -0.25) is 4.90 Å². The van der Waals surface area contributed by atoms with E-state index in [-0.39, 0.29) is 0 Å². The average molecular weight is 189 g/mol. The van der Waals surface area contributed by atoms with Gasteiger partial charge in [0.25, 0.3) is 0 Å². The van der Waals surface area contributed by atoms with E-state index in [0.29, 0.717) is 13.2 Å². The van der Waals surface area contributed by atoms with Gasteiger partial charge in [0.2, 0.25) is 0 Å². The molecule has 3 N–H and O–H groups in total. The molecule has 5 heteroatoms. The van der Waals surface area contributed by atoms with Gasteiger partial charge in [-0.2, -0.15) is 0 Å². The van der Waals surface area contributed by atoms with Crippen molar-refractivity contribution in [2.45, 2.75) is 31.0 Å². The molecule has 2 saturated heterocycles. The molecule has 0 unspecified atom stereocenters. The number of aliphatic hydroxyl groups excluding tert-OH is 3. The molecule has 2 heterocycles. The first-order chi connectivity index (χ1) is 6.20. The third-order valence-electron chi connectivity index (χ3n) is 2.70. The van der Waals surface area contributed by atoms with Crippen LogP contribution in [0.2, 0.25) is 0 Å². The predicted octanol–water partition coefficient (Wildman–Crippen LogP) is -1.87. The number of hydrogen-bond acceptors (Lipinski definition) is 5. The third kappa shape index (κ3) is 1.58. The van der Waals surface area contributed by atoms with Crippen molar-refractivity contribution < 1.29 is 20.1 Å². The van der Waals surface area contributed by atoms with Gasteiger partial charge in [0.05, 0.1) is 12.7 Å². The second-order valence-electron chi connectivity index (χ2n) is 3.66. The SMILES string of the molecule is O[C@@H]1[C@@H](O)[C@H]2OCCCN2C[C@H]1O. The lowest BCUT2D eigenvalue weighted by molar-refractivity contribution is -0.228. The molecule has 2 fully saturated rings. The number of piperidine rings is 1. The lowest BCUT2D eigenvalue weighted by atomic mass is 9.99. The number of hydrogen-bond donors (Lipinski definition) is 3. The number of aliphatic hydroxyl groups is 3. The van der Waals surface area contributed by atoms with E-state index in [4.69, 9.17) is 4.74 Å². The Morgan fingerprint density at radius 2 is 1.92 bits per heavy atom. The van der Waals surface area contributed by atoms with E-state index in [9.17, 15) is 15.3 Å². The first-order valence-corrected chi connectivity index (χ1v) is 4.60. The lowest BCUT2D eigenvalue weighted by Crippen LogP contribution is -2.63. The highest BCUT2D eigenvalue weighted by Gasteiger charge is 2.42.